The average molecular weight is 621 g/mol. The summed E-state index contributed by atoms with van der Waals surface area (Å²) in [6.07, 6.45) is -4.01. The molecule has 0 bridgehead atoms. The molecule has 19 heteroatoms. The number of aliphatic carboxylic acids is 2. The number of amides is 1. The molecule has 0 spiro atoms. The van der Waals surface area contributed by atoms with Crippen LogP contribution in [0.1, 0.15) is 28.9 Å². The molecule has 6 atom stereocenters. The SMILES string of the molecule is N[C@@H]1[C@@H](O)[C@@H](O)[C@@H](CO)O[C@H]1O.Nc1nc2ncc(CNc3ccc(C(=O)N[C@@H](CCC(=O)O)C(=O)O)cc3)nc2c(=O)[nH]1. The number of rotatable bonds is 10. The van der Waals surface area contributed by atoms with E-state index >= 15 is 0 Å². The summed E-state index contributed by atoms with van der Waals surface area (Å²) in [6, 6.07) is 3.82. The van der Waals surface area contributed by atoms with Crippen molar-refractivity contribution in [3.05, 3.63) is 52.1 Å². The number of carboxylic acid groups (broad SMARTS) is 2. The molecule has 3 heterocycles. The van der Waals surface area contributed by atoms with E-state index in [4.69, 9.17) is 36.6 Å². The fourth-order valence-corrected chi connectivity index (χ4v) is 3.87. The third kappa shape index (κ3) is 8.86. The number of ether oxygens (including phenoxy) is 1. The molecule has 1 aliphatic rings. The number of aromatic nitrogens is 4. The number of nitrogens with two attached hydrogens (primary N) is 2. The maximum atomic E-state index is 12.3. The van der Waals surface area contributed by atoms with E-state index in [-0.39, 0.29) is 42.1 Å². The van der Waals surface area contributed by atoms with Gasteiger partial charge in [0.25, 0.3) is 11.5 Å². The number of aliphatic hydroxyl groups excluding tert-OH is 4. The van der Waals surface area contributed by atoms with Gasteiger partial charge in [0.1, 0.15) is 24.4 Å². The summed E-state index contributed by atoms with van der Waals surface area (Å²) >= 11 is 0. The van der Waals surface area contributed by atoms with Crippen LogP contribution < -0.4 is 27.7 Å². The molecular weight excluding hydrogens is 588 g/mol. The summed E-state index contributed by atoms with van der Waals surface area (Å²) in [5, 5.41) is 59.3. The molecule has 1 amide bonds. The van der Waals surface area contributed by atoms with Crippen LogP contribution in [0, 0.1) is 0 Å². The minimum Gasteiger partial charge on any atom is -0.481 e. The van der Waals surface area contributed by atoms with E-state index in [2.05, 4.69) is 30.6 Å². The Bertz CT molecular complexity index is 1520. The predicted octanol–water partition coefficient (Wildman–Crippen LogP) is -3.30. The summed E-state index contributed by atoms with van der Waals surface area (Å²) in [7, 11) is 0. The van der Waals surface area contributed by atoms with Crippen molar-refractivity contribution in [1.82, 2.24) is 25.3 Å². The molecule has 1 fully saturated rings. The van der Waals surface area contributed by atoms with Gasteiger partial charge in [0.2, 0.25) is 5.95 Å². The zero-order chi connectivity index (χ0) is 32.6. The lowest BCUT2D eigenvalue weighted by atomic mass is 9.98. The van der Waals surface area contributed by atoms with Gasteiger partial charge in [-0.25, -0.2) is 14.8 Å². The maximum Gasteiger partial charge on any atom is 0.326 e. The smallest absolute Gasteiger partial charge is 0.326 e. The molecule has 0 radical (unpaired) electrons. The fourth-order valence-electron chi connectivity index (χ4n) is 3.87. The average Bonchev–Trinajstić information content (AvgIpc) is 2.99. The number of anilines is 2. The van der Waals surface area contributed by atoms with Crippen molar-refractivity contribution in [3.63, 3.8) is 0 Å². The zero-order valence-electron chi connectivity index (χ0n) is 22.9. The van der Waals surface area contributed by atoms with Crippen LogP contribution in [0.3, 0.4) is 0 Å². The second kappa shape index (κ2) is 15.1. The number of carbonyl (C=O) groups is 3. The van der Waals surface area contributed by atoms with Crippen LogP contribution in [0.2, 0.25) is 0 Å². The first kappa shape index (κ1) is 33.7. The molecule has 19 nitrogen and oxygen atoms in total. The fraction of sp³-hybridized carbons (Fsp3) is 0.400. The van der Waals surface area contributed by atoms with E-state index in [1.165, 1.54) is 18.3 Å². The molecule has 4 rings (SSSR count). The number of nitrogen functional groups attached to an aromatic ring is 1. The monoisotopic (exact) mass is 620 g/mol. The molecule has 44 heavy (non-hydrogen) atoms. The standard InChI is InChI=1S/C19H19N7O6.C6H13NO5/c20-19-25-15-14(17(30)26-19)23-11(8-22-15)7-21-10-3-1-9(2-4-10)16(29)24-12(18(31)32)5-6-13(27)28;7-3-5(10)4(9)2(1-8)12-6(3)11/h1-4,8,12,21H,5-7H2,(H,24,29)(H,27,28)(H,31,32)(H3,20,22,25,26,30);2-6,8-11H,1,7H2/t12-;2-,3-,4+,5-,6-/m01/s1. The Morgan fingerprint density at radius 2 is 1.75 bits per heavy atom. The number of benzene rings is 1. The lowest BCUT2D eigenvalue weighted by Crippen LogP contribution is -2.61. The number of fused-ring (bicyclic) bond motifs is 1. The molecule has 13 N–H and O–H groups in total. The quantitative estimate of drug-likeness (QED) is 0.106. The highest BCUT2D eigenvalue weighted by molar-refractivity contribution is 5.96. The number of aliphatic hydroxyl groups is 4. The summed E-state index contributed by atoms with van der Waals surface area (Å²) < 4.78 is 4.70. The van der Waals surface area contributed by atoms with Crippen molar-refractivity contribution in [3.8, 4) is 0 Å². The summed E-state index contributed by atoms with van der Waals surface area (Å²) in [5.41, 5.74) is 11.7. The topological polar surface area (TPSA) is 329 Å². The lowest BCUT2D eigenvalue weighted by molar-refractivity contribution is -0.248. The highest BCUT2D eigenvalue weighted by Gasteiger charge is 2.41. The Kier molecular flexibility index (Phi) is 11.6. The van der Waals surface area contributed by atoms with E-state index < -0.39 is 66.7 Å². The van der Waals surface area contributed by atoms with Gasteiger partial charge in [0, 0.05) is 17.7 Å². The second-order valence-corrected chi connectivity index (χ2v) is 9.52. The molecule has 238 valence electrons. The molecule has 3 aromatic rings. The Morgan fingerprint density at radius 1 is 1.07 bits per heavy atom. The van der Waals surface area contributed by atoms with Crippen molar-refractivity contribution < 1.29 is 49.8 Å². The van der Waals surface area contributed by atoms with Gasteiger partial charge in [-0.15, -0.1) is 0 Å². The van der Waals surface area contributed by atoms with Gasteiger partial charge in [-0.1, -0.05) is 0 Å². The third-order valence-electron chi connectivity index (χ3n) is 6.31. The molecular formula is C25H32N8O11. The number of nitrogens with one attached hydrogen (secondary N) is 3. The van der Waals surface area contributed by atoms with Crippen molar-refractivity contribution >= 4 is 40.6 Å². The van der Waals surface area contributed by atoms with E-state index in [1.807, 2.05) is 0 Å². The Balaban J connectivity index is 0.000000369. The molecule has 0 unspecified atom stereocenters. The van der Waals surface area contributed by atoms with Gasteiger partial charge in [-0.05, 0) is 30.7 Å². The summed E-state index contributed by atoms with van der Waals surface area (Å²) in [4.78, 5) is 60.6. The number of H-pyrrole nitrogens is 1. The van der Waals surface area contributed by atoms with Gasteiger partial charge in [-0.2, -0.15) is 4.98 Å². The molecule has 2 aromatic heterocycles. The summed E-state index contributed by atoms with van der Waals surface area (Å²) in [6.45, 7) is -0.240. The van der Waals surface area contributed by atoms with E-state index in [0.29, 0.717) is 11.4 Å². The highest BCUT2D eigenvalue weighted by Crippen LogP contribution is 2.18. The van der Waals surface area contributed by atoms with Gasteiger partial charge < -0.3 is 57.5 Å². The normalized spacial score (nSPS) is 21.9. The van der Waals surface area contributed by atoms with Crippen LogP contribution in [-0.4, -0.2) is 112 Å². The minimum absolute atomic E-state index is 0.0524. The van der Waals surface area contributed by atoms with Crippen molar-refractivity contribution in [2.24, 2.45) is 5.73 Å². The van der Waals surface area contributed by atoms with Crippen LogP contribution in [-0.2, 0) is 20.9 Å². The molecule has 1 saturated heterocycles. The van der Waals surface area contributed by atoms with E-state index in [1.54, 1.807) is 12.1 Å². The number of hydrogen-bond acceptors (Lipinski definition) is 15. The zero-order valence-corrected chi connectivity index (χ0v) is 22.9. The Morgan fingerprint density at radius 3 is 2.36 bits per heavy atom. The first-order chi connectivity index (χ1) is 20.8. The third-order valence-corrected chi connectivity index (χ3v) is 6.31. The van der Waals surface area contributed by atoms with Gasteiger partial charge in [-0.3, -0.25) is 19.4 Å². The molecule has 0 saturated carbocycles. The van der Waals surface area contributed by atoms with Crippen molar-refractivity contribution in [2.75, 3.05) is 17.7 Å². The summed E-state index contributed by atoms with van der Waals surface area (Å²) in [5.74, 6) is -3.16. The Hall–Kier alpha value is -4.79. The molecule has 1 aliphatic heterocycles. The number of carboxylic acids is 2. The second-order valence-electron chi connectivity index (χ2n) is 9.52. The van der Waals surface area contributed by atoms with Crippen LogP contribution in [0.15, 0.2) is 35.3 Å². The van der Waals surface area contributed by atoms with Crippen LogP contribution in [0.25, 0.3) is 11.2 Å². The number of aromatic amines is 1. The van der Waals surface area contributed by atoms with E-state index in [9.17, 15) is 29.4 Å². The number of hydrogen-bond donors (Lipinski definition) is 11. The Labute approximate surface area is 247 Å². The predicted molar refractivity (Wildman–Crippen MR) is 150 cm³/mol. The van der Waals surface area contributed by atoms with Gasteiger partial charge >= 0.3 is 11.9 Å². The first-order valence-corrected chi connectivity index (χ1v) is 13.0. The number of carbonyl (C=O) groups excluding carboxylic acids is 1. The van der Waals surface area contributed by atoms with Crippen molar-refractivity contribution in [1.29, 1.82) is 0 Å². The van der Waals surface area contributed by atoms with Gasteiger partial charge in [0.15, 0.2) is 17.5 Å². The largest absolute Gasteiger partial charge is 0.481 e. The van der Waals surface area contributed by atoms with Crippen LogP contribution in [0.4, 0.5) is 11.6 Å². The minimum atomic E-state index is -1.35. The number of nitrogens with zero attached hydrogens (tertiary/aromatic N) is 3. The van der Waals surface area contributed by atoms with Gasteiger partial charge in [0.05, 0.1) is 31.1 Å². The first-order valence-electron chi connectivity index (χ1n) is 13.0. The molecule has 0 aliphatic carbocycles. The lowest BCUT2D eigenvalue weighted by Gasteiger charge is -2.38. The van der Waals surface area contributed by atoms with Crippen molar-refractivity contribution in [2.45, 2.75) is 56.1 Å². The maximum absolute atomic E-state index is 12.3. The van der Waals surface area contributed by atoms with Crippen LogP contribution >= 0.6 is 0 Å². The van der Waals surface area contributed by atoms with Crippen LogP contribution in [0.5, 0.6) is 0 Å². The van der Waals surface area contributed by atoms with E-state index in [0.717, 1.165) is 0 Å². The highest BCUT2D eigenvalue weighted by atomic mass is 16.6. The molecule has 1 aromatic carbocycles.